The number of rotatable bonds is 9. The first-order valence-electron chi connectivity index (χ1n) is 11.5. The molecule has 3 rings (SSSR count). The van der Waals surface area contributed by atoms with E-state index in [2.05, 4.69) is 45.3 Å². The number of aryl methyl sites for hydroxylation is 1. The Balaban J connectivity index is 1.72. The van der Waals surface area contributed by atoms with Crippen molar-refractivity contribution in [2.24, 2.45) is 4.99 Å². The van der Waals surface area contributed by atoms with E-state index in [1.807, 2.05) is 26.0 Å². The lowest BCUT2D eigenvalue weighted by Crippen LogP contribution is -2.38. The van der Waals surface area contributed by atoms with Crippen LogP contribution >= 0.6 is 0 Å². The van der Waals surface area contributed by atoms with Gasteiger partial charge in [0.15, 0.2) is 23.3 Å². The van der Waals surface area contributed by atoms with Crippen molar-refractivity contribution in [2.45, 2.75) is 72.5 Å². The number of guanidine groups is 1. The Kier molecular flexibility index (Phi) is 8.55. The Morgan fingerprint density at radius 2 is 1.90 bits per heavy atom. The highest BCUT2D eigenvalue weighted by Crippen LogP contribution is 2.30. The first kappa shape index (κ1) is 22.9. The number of nitrogens with one attached hydrogen (secondary N) is 2. The molecule has 0 spiro atoms. The summed E-state index contributed by atoms with van der Waals surface area (Å²) in [5.41, 5.74) is 1.11. The van der Waals surface area contributed by atoms with Gasteiger partial charge in [-0.05, 0) is 58.2 Å². The van der Waals surface area contributed by atoms with Gasteiger partial charge in [-0.2, -0.15) is 0 Å². The molecule has 0 radical (unpaired) electrons. The van der Waals surface area contributed by atoms with Crippen LogP contribution in [0.3, 0.4) is 0 Å². The molecule has 1 aromatic carbocycles. The van der Waals surface area contributed by atoms with E-state index >= 15 is 0 Å². The molecule has 170 valence electrons. The van der Waals surface area contributed by atoms with E-state index < -0.39 is 0 Å². The van der Waals surface area contributed by atoms with Gasteiger partial charge < -0.3 is 24.7 Å². The van der Waals surface area contributed by atoms with Gasteiger partial charge in [-0.15, -0.1) is 10.2 Å². The Morgan fingerprint density at radius 1 is 1.10 bits per heavy atom. The van der Waals surface area contributed by atoms with Gasteiger partial charge in [0.1, 0.15) is 12.4 Å². The third-order valence-corrected chi connectivity index (χ3v) is 5.33. The van der Waals surface area contributed by atoms with Gasteiger partial charge in [0, 0.05) is 19.5 Å². The summed E-state index contributed by atoms with van der Waals surface area (Å²) in [7, 11) is 0. The van der Waals surface area contributed by atoms with Crippen molar-refractivity contribution in [3.05, 3.63) is 35.4 Å². The van der Waals surface area contributed by atoms with E-state index in [9.17, 15) is 0 Å². The number of nitrogens with zero attached hydrogens (tertiary/aromatic N) is 4. The number of aromatic nitrogens is 3. The van der Waals surface area contributed by atoms with Crippen LogP contribution in [0.4, 0.5) is 0 Å². The summed E-state index contributed by atoms with van der Waals surface area (Å²) in [5.74, 6) is 4.32. The summed E-state index contributed by atoms with van der Waals surface area (Å²) < 4.78 is 13.7. The molecule has 1 aromatic heterocycles. The molecule has 2 N–H and O–H groups in total. The smallest absolute Gasteiger partial charge is 0.192 e. The van der Waals surface area contributed by atoms with Crippen LogP contribution in [0.5, 0.6) is 11.5 Å². The molecule has 0 amide bonds. The highest BCUT2D eigenvalue weighted by atomic mass is 16.5. The minimum absolute atomic E-state index is 0.0446. The Labute approximate surface area is 185 Å². The van der Waals surface area contributed by atoms with Crippen molar-refractivity contribution >= 4 is 5.96 Å². The number of ether oxygens (including phenoxy) is 2. The van der Waals surface area contributed by atoms with Crippen LogP contribution in [-0.2, 0) is 19.5 Å². The molecular weight excluding hydrogens is 392 g/mol. The van der Waals surface area contributed by atoms with E-state index in [1.54, 1.807) is 0 Å². The fraction of sp³-hybridized carbons (Fsp3) is 0.609. The van der Waals surface area contributed by atoms with Crippen LogP contribution in [0, 0.1) is 0 Å². The van der Waals surface area contributed by atoms with Gasteiger partial charge in [0.25, 0.3) is 0 Å². The summed E-state index contributed by atoms with van der Waals surface area (Å²) in [6, 6.07) is 6.11. The van der Waals surface area contributed by atoms with Gasteiger partial charge in [0.2, 0.25) is 0 Å². The molecule has 8 nitrogen and oxygen atoms in total. The molecule has 2 heterocycles. The van der Waals surface area contributed by atoms with Crippen molar-refractivity contribution in [3.8, 4) is 11.5 Å². The van der Waals surface area contributed by atoms with E-state index in [0.29, 0.717) is 19.8 Å². The molecule has 1 aliphatic heterocycles. The lowest BCUT2D eigenvalue weighted by atomic mass is 10.1. The van der Waals surface area contributed by atoms with E-state index in [-0.39, 0.29) is 6.04 Å². The van der Waals surface area contributed by atoms with E-state index in [0.717, 1.165) is 54.2 Å². The second kappa shape index (κ2) is 11.6. The zero-order valence-corrected chi connectivity index (χ0v) is 19.3. The Hall–Kier alpha value is -2.77. The van der Waals surface area contributed by atoms with Gasteiger partial charge in [0.05, 0.1) is 19.3 Å². The van der Waals surface area contributed by atoms with Crippen molar-refractivity contribution in [1.29, 1.82) is 0 Å². The number of aliphatic imine (C=N–C) groups is 1. The lowest BCUT2D eigenvalue weighted by molar-refractivity contribution is 0.287. The predicted octanol–water partition coefficient (Wildman–Crippen LogP) is 3.62. The molecule has 1 unspecified atom stereocenters. The van der Waals surface area contributed by atoms with Crippen LogP contribution in [-0.4, -0.2) is 40.5 Å². The maximum absolute atomic E-state index is 5.78. The average molecular weight is 429 g/mol. The SMILES string of the molecule is CCNC(=NCc1nnc2n1CCCCC2)NC(C)c1ccc(OCC)c(OCC)c1. The highest BCUT2D eigenvalue weighted by molar-refractivity contribution is 5.80. The monoisotopic (exact) mass is 428 g/mol. The number of benzene rings is 1. The molecule has 2 aromatic rings. The molecule has 1 aliphatic rings. The van der Waals surface area contributed by atoms with Crippen molar-refractivity contribution in [3.63, 3.8) is 0 Å². The summed E-state index contributed by atoms with van der Waals surface area (Å²) in [5, 5.41) is 15.6. The summed E-state index contributed by atoms with van der Waals surface area (Å²) in [6.07, 6.45) is 4.62. The van der Waals surface area contributed by atoms with Crippen molar-refractivity contribution in [1.82, 2.24) is 25.4 Å². The van der Waals surface area contributed by atoms with Gasteiger partial charge in [-0.3, -0.25) is 0 Å². The minimum atomic E-state index is 0.0446. The standard InChI is InChI=1S/C23H36N6O2/c1-5-24-23(25-16-22-28-27-21-11-9-8-10-14-29(21)22)26-17(4)18-12-13-19(30-6-2)20(15-18)31-7-3/h12-13,15,17H,5-11,14,16H2,1-4H3,(H2,24,25,26). The van der Waals surface area contributed by atoms with Crippen LogP contribution < -0.4 is 20.1 Å². The normalized spacial score (nSPS) is 15.0. The Morgan fingerprint density at radius 3 is 2.68 bits per heavy atom. The topological polar surface area (TPSA) is 85.6 Å². The second-order valence-corrected chi connectivity index (χ2v) is 7.63. The minimum Gasteiger partial charge on any atom is -0.490 e. The third-order valence-electron chi connectivity index (χ3n) is 5.33. The van der Waals surface area contributed by atoms with Crippen molar-refractivity contribution < 1.29 is 9.47 Å². The molecule has 0 bridgehead atoms. The molecule has 1 atom stereocenters. The largest absolute Gasteiger partial charge is 0.490 e. The van der Waals surface area contributed by atoms with Crippen LogP contribution in [0.25, 0.3) is 0 Å². The lowest BCUT2D eigenvalue weighted by Gasteiger charge is -2.20. The first-order valence-corrected chi connectivity index (χ1v) is 11.5. The fourth-order valence-electron chi connectivity index (χ4n) is 3.76. The summed E-state index contributed by atoms with van der Waals surface area (Å²) >= 11 is 0. The van der Waals surface area contributed by atoms with Crippen LogP contribution in [0.2, 0.25) is 0 Å². The quantitative estimate of drug-likeness (QED) is 0.469. The van der Waals surface area contributed by atoms with Gasteiger partial charge in [-0.1, -0.05) is 12.5 Å². The molecule has 8 heteroatoms. The highest BCUT2D eigenvalue weighted by Gasteiger charge is 2.16. The average Bonchev–Trinajstić information content (AvgIpc) is 2.99. The molecule has 0 aliphatic carbocycles. The van der Waals surface area contributed by atoms with Gasteiger partial charge in [-0.25, -0.2) is 4.99 Å². The zero-order valence-electron chi connectivity index (χ0n) is 19.3. The van der Waals surface area contributed by atoms with Gasteiger partial charge >= 0.3 is 0 Å². The molecule has 0 saturated heterocycles. The number of fused-ring (bicyclic) bond motifs is 1. The number of hydrogen-bond donors (Lipinski definition) is 2. The molecular formula is C23H36N6O2. The molecule has 0 saturated carbocycles. The number of hydrogen-bond acceptors (Lipinski definition) is 5. The summed E-state index contributed by atoms with van der Waals surface area (Å²) in [4.78, 5) is 4.78. The fourth-order valence-corrected chi connectivity index (χ4v) is 3.76. The van der Waals surface area contributed by atoms with E-state index in [4.69, 9.17) is 14.5 Å². The van der Waals surface area contributed by atoms with Crippen molar-refractivity contribution in [2.75, 3.05) is 19.8 Å². The Bertz CT molecular complexity index is 864. The third kappa shape index (κ3) is 6.12. The maximum Gasteiger partial charge on any atom is 0.192 e. The summed E-state index contributed by atoms with van der Waals surface area (Å²) in [6.45, 7) is 11.6. The van der Waals surface area contributed by atoms with Crippen LogP contribution in [0.1, 0.15) is 70.2 Å². The first-order chi connectivity index (χ1) is 15.2. The maximum atomic E-state index is 5.78. The molecule has 31 heavy (non-hydrogen) atoms. The van der Waals surface area contributed by atoms with E-state index in [1.165, 1.54) is 19.3 Å². The van der Waals surface area contributed by atoms with Crippen LogP contribution in [0.15, 0.2) is 23.2 Å². The predicted molar refractivity (Wildman–Crippen MR) is 123 cm³/mol. The molecule has 0 fully saturated rings. The second-order valence-electron chi connectivity index (χ2n) is 7.63. The zero-order chi connectivity index (χ0) is 22.1.